The van der Waals surface area contributed by atoms with Crippen molar-refractivity contribution in [1.82, 2.24) is 0 Å². The second-order valence-corrected chi connectivity index (χ2v) is 13.8. The third kappa shape index (κ3) is 5.29. The molecule has 4 aliphatic rings. The lowest BCUT2D eigenvalue weighted by molar-refractivity contribution is -0.168. The summed E-state index contributed by atoms with van der Waals surface area (Å²) in [6.45, 7) is 13.5. The maximum atomic E-state index is 12.7. The zero-order valence-electron chi connectivity index (χ0n) is 24.0. The molecule has 0 aromatic carbocycles. The van der Waals surface area contributed by atoms with Gasteiger partial charge in [0, 0.05) is 32.6 Å². The van der Waals surface area contributed by atoms with Crippen molar-refractivity contribution in [2.45, 2.75) is 124 Å². The van der Waals surface area contributed by atoms with Gasteiger partial charge in [0.1, 0.15) is 18.0 Å². The predicted molar refractivity (Wildman–Crippen MR) is 141 cm³/mol. The van der Waals surface area contributed by atoms with Crippen LogP contribution in [0.4, 0.5) is 0 Å². The zero-order valence-corrected chi connectivity index (χ0v) is 24.0. The molecular weight excluding hydrogens is 468 g/mol. The average Bonchev–Trinajstić information content (AvgIpc) is 3.11. The first-order chi connectivity index (χ1) is 17.2. The van der Waals surface area contributed by atoms with E-state index in [0.29, 0.717) is 24.2 Å². The summed E-state index contributed by atoms with van der Waals surface area (Å²) in [5.74, 6) is 0.769. The number of rotatable bonds is 7. The van der Waals surface area contributed by atoms with E-state index in [0.717, 1.165) is 44.9 Å². The molecule has 0 aromatic rings. The van der Waals surface area contributed by atoms with Crippen LogP contribution in [0.1, 0.15) is 106 Å². The van der Waals surface area contributed by atoms with Crippen molar-refractivity contribution in [2.75, 3.05) is 0 Å². The molecule has 6 nitrogen and oxygen atoms in total. The molecule has 6 heteroatoms. The number of carbonyl (C=O) groups excluding carboxylic acids is 3. The fourth-order valence-corrected chi connectivity index (χ4v) is 9.26. The summed E-state index contributed by atoms with van der Waals surface area (Å²) in [7, 11) is 0. The van der Waals surface area contributed by atoms with Gasteiger partial charge in [-0.25, -0.2) is 0 Å². The summed E-state index contributed by atoms with van der Waals surface area (Å²) in [5.41, 5.74) is 0.254. The number of fused-ring (bicyclic) bond motifs is 5. The molecular formula is C31H48O6. The van der Waals surface area contributed by atoms with Crippen LogP contribution in [0.15, 0.2) is 11.6 Å². The van der Waals surface area contributed by atoms with Gasteiger partial charge in [0.2, 0.25) is 0 Å². The molecule has 0 bridgehead atoms. The van der Waals surface area contributed by atoms with E-state index in [4.69, 9.17) is 9.47 Å². The van der Waals surface area contributed by atoms with Gasteiger partial charge >= 0.3 is 11.9 Å². The topological polar surface area (TPSA) is 89.9 Å². The number of aliphatic hydroxyl groups is 1. The van der Waals surface area contributed by atoms with Crippen LogP contribution in [0.5, 0.6) is 0 Å². The van der Waals surface area contributed by atoms with Crippen LogP contribution in [0.3, 0.4) is 0 Å². The van der Waals surface area contributed by atoms with E-state index >= 15 is 0 Å². The van der Waals surface area contributed by atoms with Gasteiger partial charge < -0.3 is 14.6 Å². The Hall–Kier alpha value is -1.69. The lowest BCUT2D eigenvalue weighted by Gasteiger charge is -2.59. The lowest BCUT2D eigenvalue weighted by atomic mass is 9.47. The van der Waals surface area contributed by atoms with Gasteiger partial charge in [0.25, 0.3) is 0 Å². The van der Waals surface area contributed by atoms with Crippen LogP contribution >= 0.6 is 0 Å². The summed E-state index contributed by atoms with van der Waals surface area (Å²) in [4.78, 5) is 36.6. The van der Waals surface area contributed by atoms with Crippen LogP contribution in [-0.2, 0) is 23.9 Å². The van der Waals surface area contributed by atoms with Crippen molar-refractivity contribution < 1.29 is 29.0 Å². The zero-order chi connectivity index (χ0) is 27.3. The van der Waals surface area contributed by atoms with Gasteiger partial charge in [-0.05, 0) is 86.4 Å². The molecule has 37 heavy (non-hydrogen) atoms. The molecule has 208 valence electrons. The fourth-order valence-electron chi connectivity index (χ4n) is 9.26. The van der Waals surface area contributed by atoms with E-state index < -0.39 is 5.60 Å². The molecule has 0 amide bonds. The second-order valence-electron chi connectivity index (χ2n) is 13.8. The van der Waals surface area contributed by atoms with Crippen molar-refractivity contribution in [3.05, 3.63) is 11.6 Å². The second kappa shape index (κ2) is 10.1. The Balaban J connectivity index is 1.63. The number of Topliss-reactive ketones (excluding diaryl/α,β-unsaturated/α-hetero) is 1. The molecule has 0 spiro atoms. The molecule has 4 rings (SSSR count). The number of hydrogen-bond donors (Lipinski definition) is 1. The highest BCUT2D eigenvalue weighted by Gasteiger charge is 2.62. The summed E-state index contributed by atoms with van der Waals surface area (Å²) in [6.07, 6.45) is 8.87. The molecule has 0 radical (unpaired) electrons. The van der Waals surface area contributed by atoms with Gasteiger partial charge in [0.15, 0.2) is 0 Å². The molecule has 1 N–H and O–H groups in total. The largest absolute Gasteiger partial charge is 0.463 e. The molecule has 4 aliphatic carbocycles. The quantitative estimate of drug-likeness (QED) is 0.340. The molecule has 0 heterocycles. The third-order valence-corrected chi connectivity index (χ3v) is 10.6. The highest BCUT2D eigenvalue weighted by Crippen LogP contribution is 2.67. The van der Waals surface area contributed by atoms with Gasteiger partial charge in [-0.2, -0.15) is 0 Å². The van der Waals surface area contributed by atoms with Crippen LogP contribution < -0.4 is 0 Å². The third-order valence-electron chi connectivity index (χ3n) is 10.6. The minimum atomic E-state index is -1.03. The minimum Gasteiger partial charge on any atom is -0.463 e. The van der Waals surface area contributed by atoms with Crippen LogP contribution in [0.2, 0.25) is 0 Å². The highest BCUT2D eigenvalue weighted by molar-refractivity contribution is 5.79. The van der Waals surface area contributed by atoms with Gasteiger partial charge in [-0.3, -0.25) is 14.4 Å². The summed E-state index contributed by atoms with van der Waals surface area (Å²) < 4.78 is 11.6. The first kappa shape index (κ1) is 28.3. The molecule has 3 saturated carbocycles. The highest BCUT2D eigenvalue weighted by atomic mass is 16.5. The lowest BCUT2D eigenvalue weighted by Crippen LogP contribution is -2.55. The Kier molecular flexibility index (Phi) is 7.75. The van der Waals surface area contributed by atoms with Crippen molar-refractivity contribution in [3.63, 3.8) is 0 Å². The Morgan fingerprint density at radius 3 is 2.35 bits per heavy atom. The van der Waals surface area contributed by atoms with E-state index in [1.54, 1.807) is 0 Å². The van der Waals surface area contributed by atoms with Gasteiger partial charge in [-0.15, -0.1) is 0 Å². The number of allylic oxidation sites excluding steroid dienone is 2. The Bertz CT molecular complexity index is 949. The standard InChI is InChI=1S/C31H48O6/c1-18(2)14-21(34)17-31(7,35)28-9-8-24-23-16-27(37-20(4)33)26-15-22(36-19(3)32)10-12-29(26,5)25(23)11-13-30(24,28)6/h11,18,22-24,26-28,35H,8-10,12-17H2,1-7H3. The smallest absolute Gasteiger partial charge is 0.302 e. The molecule has 9 atom stereocenters. The van der Waals surface area contributed by atoms with Crippen molar-refractivity contribution in [1.29, 1.82) is 0 Å². The molecule has 3 fully saturated rings. The summed E-state index contributed by atoms with van der Waals surface area (Å²) in [6, 6.07) is 0. The molecule has 0 saturated heterocycles. The predicted octanol–water partition coefficient (Wildman–Crippen LogP) is 5.80. The first-order valence-corrected chi connectivity index (χ1v) is 14.5. The van der Waals surface area contributed by atoms with E-state index in [1.807, 2.05) is 20.8 Å². The normalized spacial score (nSPS) is 40.5. The average molecular weight is 517 g/mol. The molecule has 0 aliphatic heterocycles. The SMILES string of the molecule is CC(=O)OC1CCC2(C)C3=CCC4(C)C(CCC4C(C)(O)CC(=O)CC(C)C)C3CC(OC(C)=O)C2C1. The van der Waals surface area contributed by atoms with Gasteiger partial charge in [-0.1, -0.05) is 39.3 Å². The first-order valence-electron chi connectivity index (χ1n) is 14.5. The Labute approximate surface area is 222 Å². The van der Waals surface area contributed by atoms with Crippen LogP contribution in [-0.4, -0.2) is 40.6 Å². The molecule has 0 aromatic heterocycles. The minimum absolute atomic E-state index is 0.0521. The number of ether oxygens (including phenoxy) is 2. The number of ketones is 1. The van der Waals surface area contributed by atoms with Crippen molar-refractivity contribution >= 4 is 17.7 Å². The maximum Gasteiger partial charge on any atom is 0.302 e. The van der Waals surface area contributed by atoms with Crippen LogP contribution in [0.25, 0.3) is 0 Å². The monoisotopic (exact) mass is 516 g/mol. The summed E-state index contributed by atoms with van der Waals surface area (Å²) in [5, 5.41) is 11.7. The van der Waals surface area contributed by atoms with Crippen molar-refractivity contribution in [3.8, 4) is 0 Å². The Morgan fingerprint density at radius 2 is 1.73 bits per heavy atom. The summed E-state index contributed by atoms with van der Waals surface area (Å²) >= 11 is 0. The van der Waals surface area contributed by atoms with Crippen molar-refractivity contribution in [2.24, 2.45) is 40.4 Å². The number of carbonyl (C=O) groups is 3. The number of hydrogen-bond acceptors (Lipinski definition) is 6. The van der Waals surface area contributed by atoms with E-state index in [9.17, 15) is 19.5 Å². The van der Waals surface area contributed by atoms with E-state index in [2.05, 4.69) is 19.9 Å². The van der Waals surface area contributed by atoms with E-state index in [1.165, 1.54) is 19.4 Å². The Morgan fingerprint density at radius 1 is 1.05 bits per heavy atom. The van der Waals surface area contributed by atoms with E-state index in [-0.39, 0.29) is 59.0 Å². The number of esters is 2. The molecule has 9 unspecified atom stereocenters. The fraction of sp³-hybridized carbons (Fsp3) is 0.839. The maximum absolute atomic E-state index is 12.7. The van der Waals surface area contributed by atoms with Gasteiger partial charge in [0.05, 0.1) is 5.60 Å². The van der Waals surface area contributed by atoms with Crippen LogP contribution in [0, 0.1) is 40.4 Å².